The van der Waals surface area contributed by atoms with Gasteiger partial charge in [0, 0.05) is 24.0 Å². The summed E-state index contributed by atoms with van der Waals surface area (Å²) in [6, 6.07) is 5.63. The monoisotopic (exact) mass is 260 g/mol. The van der Waals surface area contributed by atoms with E-state index >= 15 is 0 Å². The molecular weight excluding hydrogens is 244 g/mol. The summed E-state index contributed by atoms with van der Waals surface area (Å²) in [6.45, 7) is 0. The first-order valence-electron chi connectivity index (χ1n) is 6.14. The smallest absolute Gasteiger partial charge is 0.182 e. The highest BCUT2D eigenvalue weighted by Crippen LogP contribution is 2.36. The fraction of sp³-hybridized carbons (Fsp3) is 0.417. The molecule has 1 aromatic carbocycles. The number of tetrazole rings is 1. The zero-order chi connectivity index (χ0) is 13.4. The van der Waals surface area contributed by atoms with Gasteiger partial charge in [0.15, 0.2) is 5.82 Å². The number of nitrogens with zero attached hydrogens (tertiary/aromatic N) is 4. The molecule has 100 valence electrons. The molecule has 1 fully saturated rings. The van der Waals surface area contributed by atoms with Gasteiger partial charge in [-0.2, -0.15) is 0 Å². The van der Waals surface area contributed by atoms with E-state index in [2.05, 4.69) is 15.5 Å². The van der Waals surface area contributed by atoms with Crippen LogP contribution in [-0.4, -0.2) is 33.4 Å². The fourth-order valence-corrected chi connectivity index (χ4v) is 2.37. The minimum Gasteiger partial charge on any atom is -0.399 e. The summed E-state index contributed by atoms with van der Waals surface area (Å²) in [5, 5.41) is 11.9. The molecule has 7 heteroatoms. The summed E-state index contributed by atoms with van der Waals surface area (Å²) in [4.78, 5) is 0. The van der Waals surface area contributed by atoms with Crippen LogP contribution >= 0.6 is 0 Å². The first-order valence-corrected chi connectivity index (χ1v) is 6.14. The quantitative estimate of drug-likeness (QED) is 0.793. The van der Waals surface area contributed by atoms with Gasteiger partial charge in [-0.05, 0) is 41.5 Å². The largest absolute Gasteiger partial charge is 0.399 e. The number of anilines is 2. The minimum absolute atomic E-state index is 0.276. The van der Waals surface area contributed by atoms with Gasteiger partial charge in [-0.15, -0.1) is 5.10 Å². The Kier molecular flexibility index (Phi) is 2.83. The third-order valence-corrected chi connectivity index (χ3v) is 3.48. The number of hydrogen-bond acceptors (Lipinski definition) is 6. The molecule has 3 rings (SSSR count). The molecular formula is C12H16N6O. The lowest BCUT2D eigenvalue weighted by molar-refractivity contribution is 0.00248. The van der Waals surface area contributed by atoms with Gasteiger partial charge >= 0.3 is 0 Å². The van der Waals surface area contributed by atoms with Gasteiger partial charge in [0.2, 0.25) is 0 Å². The second-order valence-electron chi connectivity index (χ2n) is 4.82. The first kappa shape index (κ1) is 11.9. The zero-order valence-corrected chi connectivity index (χ0v) is 10.7. The van der Waals surface area contributed by atoms with E-state index < -0.39 is 0 Å². The van der Waals surface area contributed by atoms with Gasteiger partial charge in [-0.25, -0.2) is 4.68 Å². The van der Waals surface area contributed by atoms with Crippen LogP contribution in [-0.2, 0) is 4.74 Å². The van der Waals surface area contributed by atoms with E-state index in [0.717, 1.165) is 18.4 Å². The first-order chi connectivity index (χ1) is 9.17. The average molecular weight is 260 g/mol. The Morgan fingerprint density at radius 1 is 1.21 bits per heavy atom. The Balaban J connectivity index is 1.92. The van der Waals surface area contributed by atoms with Crippen molar-refractivity contribution in [1.82, 2.24) is 20.2 Å². The fourth-order valence-electron chi connectivity index (χ4n) is 2.37. The number of hydrogen-bond donors (Lipinski definition) is 2. The van der Waals surface area contributed by atoms with E-state index in [4.69, 9.17) is 16.2 Å². The van der Waals surface area contributed by atoms with E-state index in [1.807, 2.05) is 16.8 Å². The Hall–Kier alpha value is -2.15. The van der Waals surface area contributed by atoms with E-state index in [0.29, 0.717) is 23.3 Å². The predicted octanol–water partition coefficient (Wildman–Crippen LogP) is 0.854. The highest BCUT2D eigenvalue weighted by atomic mass is 16.5. The third kappa shape index (κ3) is 2.12. The van der Waals surface area contributed by atoms with E-state index in [-0.39, 0.29) is 6.04 Å². The van der Waals surface area contributed by atoms with Crippen LogP contribution in [0.5, 0.6) is 0 Å². The summed E-state index contributed by atoms with van der Waals surface area (Å²) < 4.78 is 7.10. The zero-order valence-electron chi connectivity index (χ0n) is 10.7. The minimum atomic E-state index is 0.276. The SMILES string of the molecule is COC1CC(n2nnnc2-c2cc(N)cc(N)c2)C1. The molecule has 0 bridgehead atoms. The molecule has 0 amide bonds. The Bertz CT molecular complexity index is 569. The number of rotatable bonds is 3. The van der Waals surface area contributed by atoms with Crippen molar-refractivity contribution in [3.05, 3.63) is 18.2 Å². The number of nitrogens with two attached hydrogens (primary N) is 2. The molecule has 1 saturated carbocycles. The van der Waals surface area contributed by atoms with Crippen LogP contribution in [0.3, 0.4) is 0 Å². The molecule has 0 unspecified atom stereocenters. The van der Waals surface area contributed by atoms with Crippen LogP contribution < -0.4 is 11.5 Å². The summed E-state index contributed by atoms with van der Waals surface area (Å²) in [5.74, 6) is 0.693. The maximum absolute atomic E-state index is 5.80. The Morgan fingerprint density at radius 2 is 1.89 bits per heavy atom. The van der Waals surface area contributed by atoms with Gasteiger partial charge in [-0.1, -0.05) is 0 Å². The van der Waals surface area contributed by atoms with Crippen molar-refractivity contribution < 1.29 is 4.74 Å². The van der Waals surface area contributed by atoms with E-state index in [1.165, 1.54) is 0 Å². The molecule has 7 nitrogen and oxygen atoms in total. The molecule has 0 atom stereocenters. The van der Waals surface area contributed by atoms with Crippen molar-refractivity contribution in [3.8, 4) is 11.4 Å². The van der Waals surface area contributed by atoms with Gasteiger partial charge in [0.25, 0.3) is 0 Å². The predicted molar refractivity (Wildman–Crippen MR) is 71.1 cm³/mol. The molecule has 0 radical (unpaired) electrons. The average Bonchev–Trinajstić information content (AvgIpc) is 2.75. The molecule has 1 heterocycles. The second-order valence-corrected chi connectivity index (χ2v) is 4.82. The maximum Gasteiger partial charge on any atom is 0.182 e. The normalized spacial score (nSPS) is 22.2. The summed E-state index contributed by atoms with van der Waals surface area (Å²) >= 11 is 0. The molecule has 1 aliphatic rings. The van der Waals surface area contributed by atoms with Gasteiger partial charge in [0.1, 0.15) is 0 Å². The van der Waals surface area contributed by atoms with Crippen molar-refractivity contribution in [2.75, 3.05) is 18.6 Å². The van der Waals surface area contributed by atoms with E-state index in [1.54, 1.807) is 13.2 Å². The molecule has 19 heavy (non-hydrogen) atoms. The van der Waals surface area contributed by atoms with Crippen LogP contribution in [0.4, 0.5) is 11.4 Å². The Morgan fingerprint density at radius 3 is 2.53 bits per heavy atom. The number of nitrogen functional groups attached to an aromatic ring is 2. The molecule has 1 aliphatic carbocycles. The molecule has 4 N–H and O–H groups in total. The highest BCUT2D eigenvalue weighted by molar-refractivity contribution is 5.67. The van der Waals surface area contributed by atoms with Crippen molar-refractivity contribution in [1.29, 1.82) is 0 Å². The summed E-state index contributed by atoms with van der Waals surface area (Å²) in [6.07, 6.45) is 2.14. The third-order valence-electron chi connectivity index (χ3n) is 3.48. The van der Waals surface area contributed by atoms with Crippen LogP contribution in [0.1, 0.15) is 18.9 Å². The molecule has 0 spiro atoms. The highest BCUT2D eigenvalue weighted by Gasteiger charge is 2.33. The summed E-state index contributed by atoms with van der Waals surface area (Å²) in [7, 11) is 1.72. The van der Waals surface area contributed by atoms with Crippen molar-refractivity contribution in [2.45, 2.75) is 25.0 Å². The topological polar surface area (TPSA) is 105 Å². The van der Waals surface area contributed by atoms with Crippen molar-refractivity contribution in [3.63, 3.8) is 0 Å². The van der Waals surface area contributed by atoms with Crippen LogP contribution in [0.2, 0.25) is 0 Å². The molecule has 0 saturated heterocycles. The van der Waals surface area contributed by atoms with Crippen LogP contribution in [0.25, 0.3) is 11.4 Å². The van der Waals surface area contributed by atoms with Gasteiger partial charge in [0.05, 0.1) is 12.1 Å². The number of ether oxygens (including phenoxy) is 1. The van der Waals surface area contributed by atoms with Crippen molar-refractivity contribution in [2.24, 2.45) is 0 Å². The van der Waals surface area contributed by atoms with E-state index in [9.17, 15) is 0 Å². The number of aromatic nitrogens is 4. The maximum atomic E-state index is 5.80. The molecule has 1 aromatic heterocycles. The second kappa shape index (κ2) is 4.51. The Labute approximate surface area is 110 Å². The number of benzene rings is 1. The lowest BCUT2D eigenvalue weighted by Gasteiger charge is -2.34. The van der Waals surface area contributed by atoms with Crippen LogP contribution in [0, 0.1) is 0 Å². The standard InChI is InChI=1S/C12H16N6O/c1-19-11-5-10(6-11)18-12(15-16-17-18)7-2-8(13)4-9(14)3-7/h2-4,10-11H,5-6,13-14H2,1H3. The lowest BCUT2D eigenvalue weighted by Crippen LogP contribution is -2.33. The molecule has 0 aliphatic heterocycles. The van der Waals surface area contributed by atoms with Gasteiger partial charge in [-0.3, -0.25) is 0 Å². The summed E-state index contributed by atoms with van der Waals surface area (Å²) in [5.41, 5.74) is 13.7. The number of methoxy groups -OCH3 is 1. The lowest BCUT2D eigenvalue weighted by atomic mass is 9.89. The van der Waals surface area contributed by atoms with Crippen LogP contribution in [0.15, 0.2) is 18.2 Å². The molecule has 2 aromatic rings. The van der Waals surface area contributed by atoms with Crippen molar-refractivity contribution >= 4 is 11.4 Å². The van der Waals surface area contributed by atoms with Gasteiger partial charge < -0.3 is 16.2 Å².